The maximum Gasteiger partial charge on any atom is 0.220 e. The van der Waals surface area contributed by atoms with Gasteiger partial charge in [0.05, 0.1) is 36.2 Å². The number of unbranched alkanes of at least 4 members (excludes halogenated alkanes) is 1. The molecular formula is C25H39BrFN5O3. The molecule has 1 atom stereocenters. The number of hydrogen-bond donors (Lipinski definition) is 3. The van der Waals surface area contributed by atoms with E-state index in [1.54, 1.807) is 19.9 Å². The van der Waals surface area contributed by atoms with E-state index < -0.39 is 5.79 Å². The number of nitrogens with one attached hydrogen (secondary N) is 1. The number of aromatic nitrogens is 2. The van der Waals surface area contributed by atoms with E-state index in [0.717, 1.165) is 29.7 Å². The SMILES string of the molecule is CC.CC.Cc1nc(N)nc2c1C(NOCCCCOC(C)(C)O)=NC(c1ccc(F)cc1Br)C2. The second-order valence-electron chi connectivity index (χ2n) is 7.81. The highest BCUT2D eigenvalue weighted by molar-refractivity contribution is 9.10. The van der Waals surface area contributed by atoms with Gasteiger partial charge in [0.25, 0.3) is 0 Å². The fourth-order valence-electron chi connectivity index (χ4n) is 3.31. The normalized spacial score (nSPS) is 14.6. The number of fused-ring (bicyclic) bond motifs is 1. The van der Waals surface area contributed by atoms with Crippen LogP contribution in [0.2, 0.25) is 0 Å². The summed E-state index contributed by atoms with van der Waals surface area (Å²) in [6, 6.07) is 4.24. The van der Waals surface area contributed by atoms with E-state index in [4.69, 9.17) is 20.3 Å². The Hall–Kier alpha value is -2.14. The molecule has 3 rings (SSSR count). The molecule has 0 saturated heterocycles. The van der Waals surface area contributed by atoms with Gasteiger partial charge in [-0.3, -0.25) is 9.83 Å². The van der Waals surface area contributed by atoms with Gasteiger partial charge in [-0.05, 0) is 51.3 Å². The van der Waals surface area contributed by atoms with Crippen molar-refractivity contribution in [2.45, 2.75) is 79.6 Å². The summed E-state index contributed by atoms with van der Waals surface area (Å²) < 4.78 is 19.5. The Kier molecular flexibility index (Phi) is 13.3. The van der Waals surface area contributed by atoms with Crippen LogP contribution in [0.3, 0.4) is 0 Å². The molecule has 10 heteroatoms. The maximum atomic E-state index is 13.5. The van der Waals surface area contributed by atoms with Gasteiger partial charge in [-0.1, -0.05) is 49.7 Å². The maximum absolute atomic E-state index is 13.5. The van der Waals surface area contributed by atoms with Crippen molar-refractivity contribution in [2.75, 3.05) is 18.9 Å². The number of aryl methyl sites for hydroxylation is 1. The third-order valence-corrected chi connectivity index (χ3v) is 5.36. The van der Waals surface area contributed by atoms with Gasteiger partial charge in [0.15, 0.2) is 11.6 Å². The Balaban J connectivity index is 0.00000145. The highest BCUT2D eigenvalue weighted by Gasteiger charge is 2.27. The molecule has 2 aromatic rings. The molecule has 35 heavy (non-hydrogen) atoms. The van der Waals surface area contributed by atoms with E-state index >= 15 is 0 Å². The van der Waals surface area contributed by atoms with Crippen LogP contribution in [0.4, 0.5) is 10.3 Å². The summed E-state index contributed by atoms with van der Waals surface area (Å²) in [4.78, 5) is 19.1. The Morgan fingerprint density at radius 1 is 1.17 bits per heavy atom. The highest BCUT2D eigenvalue weighted by Crippen LogP contribution is 2.34. The first-order valence-corrected chi connectivity index (χ1v) is 12.8. The summed E-state index contributed by atoms with van der Waals surface area (Å²) >= 11 is 3.43. The van der Waals surface area contributed by atoms with Crippen molar-refractivity contribution < 1.29 is 19.1 Å². The van der Waals surface area contributed by atoms with Crippen molar-refractivity contribution in [2.24, 2.45) is 4.99 Å². The molecule has 0 spiro atoms. The average Bonchev–Trinajstić information content (AvgIpc) is 2.79. The lowest BCUT2D eigenvalue weighted by molar-refractivity contribution is -0.176. The van der Waals surface area contributed by atoms with Crippen LogP contribution < -0.4 is 11.2 Å². The minimum absolute atomic E-state index is 0.196. The number of anilines is 1. The molecule has 4 N–H and O–H groups in total. The third-order valence-electron chi connectivity index (χ3n) is 4.68. The molecule has 1 aliphatic heterocycles. The molecule has 1 aliphatic rings. The van der Waals surface area contributed by atoms with Crippen LogP contribution in [0.1, 0.15) is 82.9 Å². The molecule has 196 valence electrons. The lowest BCUT2D eigenvalue weighted by Crippen LogP contribution is -2.32. The van der Waals surface area contributed by atoms with Gasteiger partial charge in [0, 0.05) is 10.9 Å². The van der Waals surface area contributed by atoms with Crippen molar-refractivity contribution in [3.05, 3.63) is 51.0 Å². The number of nitrogens with two attached hydrogens (primary N) is 1. The van der Waals surface area contributed by atoms with E-state index in [2.05, 4.69) is 31.4 Å². The second-order valence-corrected chi connectivity index (χ2v) is 8.66. The molecule has 1 unspecified atom stereocenters. The van der Waals surface area contributed by atoms with E-state index in [-0.39, 0.29) is 17.8 Å². The van der Waals surface area contributed by atoms with Gasteiger partial charge in [-0.2, -0.15) is 0 Å². The smallest absolute Gasteiger partial charge is 0.220 e. The van der Waals surface area contributed by atoms with E-state index in [1.807, 2.05) is 34.6 Å². The van der Waals surface area contributed by atoms with Crippen molar-refractivity contribution in [1.82, 2.24) is 15.4 Å². The van der Waals surface area contributed by atoms with E-state index in [0.29, 0.717) is 35.6 Å². The van der Waals surface area contributed by atoms with Crippen LogP contribution >= 0.6 is 15.9 Å². The largest absolute Gasteiger partial charge is 0.368 e. The zero-order chi connectivity index (χ0) is 26.6. The first-order chi connectivity index (χ1) is 16.6. The zero-order valence-corrected chi connectivity index (χ0v) is 23.4. The first-order valence-electron chi connectivity index (χ1n) is 12.0. The van der Waals surface area contributed by atoms with Crippen molar-refractivity contribution >= 4 is 27.7 Å². The van der Waals surface area contributed by atoms with Crippen molar-refractivity contribution in [3.63, 3.8) is 0 Å². The topological polar surface area (TPSA) is 115 Å². The summed E-state index contributed by atoms with van der Waals surface area (Å²) in [5.41, 5.74) is 11.8. The summed E-state index contributed by atoms with van der Waals surface area (Å²) in [6.45, 7) is 13.9. The van der Waals surface area contributed by atoms with Crippen LogP contribution in [-0.2, 0) is 16.0 Å². The molecule has 0 saturated carbocycles. The van der Waals surface area contributed by atoms with Crippen LogP contribution in [-0.4, -0.2) is 39.9 Å². The van der Waals surface area contributed by atoms with Gasteiger partial charge in [0.1, 0.15) is 5.82 Å². The van der Waals surface area contributed by atoms with Gasteiger partial charge < -0.3 is 15.6 Å². The zero-order valence-electron chi connectivity index (χ0n) is 21.8. The molecular weight excluding hydrogens is 517 g/mol. The minimum Gasteiger partial charge on any atom is -0.368 e. The lowest BCUT2D eigenvalue weighted by Gasteiger charge is -2.25. The molecule has 2 heterocycles. The van der Waals surface area contributed by atoms with Crippen molar-refractivity contribution in [3.8, 4) is 0 Å². The Bertz CT molecular complexity index is 967. The predicted octanol–water partition coefficient (Wildman–Crippen LogP) is 5.41. The quantitative estimate of drug-likeness (QED) is 0.226. The number of nitrogen functional groups attached to an aromatic ring is 1. The molecule has 0 fully saturated rings. The number of hydroxylamine groups is 1. The monoisotopic (exact) mass is 555 g/mol. The standard InChI is InChI=1S/C21H27BrFN5O3.2C2H6/c1-12-18-17(27-20(24)25-12)11-16(14-7-6-13(23)10-15(14)22)26-19(18)28-31-9-5-4-8-30-21(2,3)29;2*1-2/h6-7,10,16,29H,4-5,8-9,11H2,1-3H3,(H,26,28)(H2,24,25,27);2*1-2H3. The number of amidine groups is 1. The molecule has 8 nitrogen and oxygen atoms in total. The number of ether oxygens (including phenoxy) is 1. The molecule has 0 bridgehead atoms. The fourth-order valence-corrected chi connectivity index (χ4v) is 3.92. The van der Waals surface area contributed by atoms with Crippen LogP contribution in [0.25, 0.3) is 0 Å². The number of nitrogens with zero attached hydrogens (tertiary/aromatic N) is 3. The Morgan fingerprint density at radius 2 is 1.83 bits per heavy atom. The second kappa shape index (κ2) is 15.1. The van der Waals surface area contributed by atoms with E-state index in [9.17, 15) is 9.50 Å². The molecule has 1 aromatic carbocycles. The average molecular weight is 557 g/mol. The number of aliphatic hydroxyl groups is 1. The van der Waals surface area contributed by atoms with Crippen LogP contribution in [0.5, 0.6) is 0 Å². The van der Waals surface area contributed by atoms with Gasteiger partial charge >= 0.3 is 0 Å². The van der Waals surface area contributed by atoms with Crippen LogP contribution in [0.15, 0.2) is 27.7 Å². The summed E-state index contributed by atoms with van der Waals surface area (Å²) in [5, 5.41) is 9.56. The van der Waals surface area contributed by atoms with Crippen LogP contribution in [0, 0.1) is 12.7 Å². The van der Waals surface area contributed by atoms with Gasteiger partial charge in [-0.15, -0.1) is 0 Å². The number of aliphatic imine (C=N–C) groups is 1. The lowest BCUT2D eigenvalue weighted by atomic mass is 9.95. The highest BCUT2D eigenvalue weighted by atomic mass is 79.9. The first kappa shape index (κ1) is 30.9. The van der Waals surface area contributed by atoms with Crippen molar-refractivity contribution in [1.29, 1.82) is 0 Å². The molecule has 1 aromatic heterocycles. The summed E-state index contributed by atoms with van der Waals surface area (Å²) in [5.74, 6) is -0.758. The number of hydrogen-bond acceptors (Lipinski definition) is 8. The van der Waals surface area contributed by atoms with Gasteiger partial charge in [0.2, 0.25) is 5.95 Å². The molecule has 0 amide bonds. The number of benzene rings is 1. The Labute approximate surface area is 216 Å². The van der Waals surface area contributed by atoms with Gasteiger partial charge in [-0.25, -0.2) is 19.8 Å². The molecule has 0 radical (unpaired) electrons. The third kappa shape index (κ3) is 9.79. The molecule has 0 aliphatic carbocycles. The number of rotatable bonds is 8. The number of halogens is 2. The fraction of sp³-hybridized carbons (Fsp3) is 0.560. The van der Waals surface area contributed by atoms with E-state index in [1.165, 1.54) is 12.1 Å². The summed E-state index contributed by atoms with van der Waals surface area (Å²) in [7, 11) is 0. The summed E-state index contributed by atoms with van der Waals surface area (Å²) in [6.07, 6.45) is 1.97. The predicted molar refractivity (Wildman–Crippen MR) is 142 cm³/mol. The minimum atomic E-state index is -1.14. The Morgan fingerprint density at radius 3 is 2.46 bits per heavy atom.